The van der Waals surface area contributed by atoms with Gasteiger partial charge >= 0.3 is 174 Å². The third kappa shape index (κ3) is 77.3. The number of hydrogen-bond donors (Lipinski definition) is 4. The van der Waals surface area contributed by atoms with E-state index in [0.717, 1.165) is 48.5 Å². The number of nitrogens with two attached hydrogens (primary N) is 4. The molecule has 2 aliphatic carbocycles. The molecule has 8 nitrogen and oxygen atoms in total. The van der Waals surface area contributed by atoms with Gasteiger partial charge in [-0.2, -0.15) is 0 Å². The molecular formula is C32H44F24N8P4Pt2+4. The van der Waals surface area contributed by atoms with E-state index in [9.17, 15) is 101 Å². The van der Waals surface area contributed by atoms with Crippen LogP contribution in [0.4, 0.5) is 101 Å². The summed E-state index contributed by atoms with van der Waals surface area (Å²) in [6, 6.07) is 24.3. The van der Waals surface area contributed by atoms with E-state index >= 15 is 0 Å². The van der Waals surface area contributed by atoms with Gasteiger partial charge in [0.2, 0.25) is 0 Å². The molecule has 0 bridgehead atoms. The summed E-state index contributed by atoms with van der Waals surface area (Å²) < 4.78 is 237. The van der Waals surface area contributed by atoms with Gasteiger partial charge in [0.05, 0.1) is 22.8 Å². The number of hydrogen-bond acceptors (Lipinski definition) is 8. The zero-order chi connectivity index (χ0) is 54.1. The summed E-state index contributed by atoms with van der Waals surface area (Å²) in [6.07, 6.45) is 16.7. The topological polar surface area (TPSA) is 156 Å². The molecule has 2 fully saturated rings. The van der Waals surface area contributed by atoms with Crippen LogP contribution in [0.3, 0.4) is 0 Å². The van der Waals surface area contributed by atoms with E-state index in [-0.39, 0.29) is 66.3 Å². The van der Waals surface area contributed by atoms with Gasteiger partial charge in [-0.25, -0.2) is 0 Å². The van der Waals surface area contributed by atoms with E-state index in [2.05, 4.69) is 19.9 Å². The third-order valence-electron chi connectivity index (χ3n) is 6.93. The van der Waals surface area contributed by atoms with Crippen molar-refractivity contribution in [3.8, 4) is 22.8 Å². The molecule has 4 aromatic heterocycles. The van der Waals surface area contributed by atoms with Gasteiger partial charge < -0.3 is 22.9 Å². The van der Waals surface area contributed by atoms with E-state index < -0.39 is 31.2 Å². The van der Waals surface area contributed by atoms with Crippen LogP contribution in [-0.4, -0.2) is 44.1 Å². The van der Waals surface area contributed by atoms with Gasteiger partial charge in [-0.15, -0.1) is 0 Å². The van der Waals surface area contributed by atoms with E-state index in [1.165, 1.54) is 25.7 Å². The van der Waals surface area contributed by atoms with E-state index in [0.29, 0.717) is 0 Å². The van der Waals surface area contributed by atoms with Crippen molar-refractivity contribution < 1.29 is 143 Å². The monoisotopic (exact) mass is 1510 g/mol. The molecule has 0 aliphatic heterocycles. The van der Waals surface area contributed by atoms with Gasteiger partial charge in [0.25, 0.3) is 0 Å². The van der Waals surface area contributed by atoms with Gasteiger partial charge in [-0.3, -0.25) is 19.9 Å². The standard InChI is InChI=1S/2C10H8N2.2C6H14N2.4F6P.2Pt/c2*1-3-7-11-9(5-1)10-6-2-4-8-12-10;2*7-5-3-1-2-4-6(5)8;4*1-7(2,3,4,5)6;;/h2*1-8H;2*5-6H,1-4,7-8H2;;;;;;/q;;;;4*-1;2*+4/t;;2*5-,6-;;;;;;/m..11....../s1. The van der Waals surface area contributed by atoms with Crippen LogP contribution in [0.15, 0.2) is 97.6 Å². The number of nitrogens with zero attached hydrogens (tertiary/aromatic N) is 4. The van der Waals surface area contributed by atoms with Gasteiger partial charge in [0, 0.05) is 49.0 Å². The Balaban J connectivity index is -0.000000359. The molecule has 2 saturated carbocycles. The first-order valence-corrected chi connectivity index (χ1v) is 26.4. The van der Waals surface area contributed by atoms with E-state index in [4.69, 9.17) is 22.9 Å². The maximum atomic E-state index is 9.87. The minimum atomic E-state index is -10.7. The Bertz CT molecular complexity index is 1720. The first-order chi connectivity index (χ1) is 29.3. The fourth-order valence-electron chi connectivity index (χ4n) is 4.43. The molecule has 6 rings (SSSR count). The van der Waals surface area contributed by atoms with Crippen LogP contribution in [-0.2, 0) is 42.1 Å². The van der Waals surface area contributed by atoms with Crippen molar-refractivity contribution in [2.45, 2.75) is 75.5 Å². The zero-order valence-corrected chi connectivity index (χ0v) is 42.9. The van der Waals surface area contributed by atoms with Crippen molar-refractivity contribution in [3.05, 3.63) is 97.6 Å². The summed E-state index contributed by atoms with van der Waals surface area (Å²) in [5.74, 6) is 0. The van der Waals surface area contributed by atoms with Crippen molar-refractivity contribution >= 4 is 31.2 Å². The minimum Gasteiger partial charge on any atom is -0.326 e. The maximum Gasteiger partial charge on any atom is 4.00 e. The first-order valence-electron chi connectivity index (χ1n) is 18.3. The summed E-state index contributed by atoms with van der Waals surface area (Å²) in [5.41, 5.74) is 26.3. The molecule has 0 spiro atoms. The van der Waals surface area contributed by atoms with Crippen molar-refractivity contribution in [1.29, 1.82) is 0 Å². The largest absolute Gasteiger partial charge is 4.00 e. The Morgan fingerprint density at radius 1 is 0.286 bits per heavy atom. The SMILES string of the molecule is F[P-](F)(F)(F)(F)F.F[P-](F)(F)(F)(F)F.F[P-](F)(F)(F)(F)F.F[P-](F)(F)(F)(F)F.N[C@@H]1CCCC[C@H]1N.N[C@@H]1CCCC[C@H]1N.[Pt+4].[Pt+4].c1ccc(-c2ccccn2)nc1.c1ccc(-c2ccccn2)nc1. The summed E-state index contributed by atoms with van der Waals surface area (Å²) in [7, 11) is -42.6. The normalized spacial score (nSPS) is 21.7. The maximum absolute atomic E-state index is 10.7. The molecule has 0 saturated heterocycles. The molecule has 8 N–H and O–H groups in total. The summed E-state index contributed by atoms with van der Waals surface area (Å²) in [4.78, 5) is 16.7. The van der Waals surface area contributed by atoms with Crippen molar-refractivity contribution in [1.82, 2.24) is 19.9 Å². The summed E-state index contributed by atoms with van der Waals surface area (Å²) >= 11 is 0. The van der Waals surface area contributed by atoms with Crippen molar-refractivity contribution in [2.24, 2.45) is 22.9 Å². The Labute approximate surface area is 411 Å². The van der Waals surface area contributed by atoms with Crippen molar-refractivity contribution in [2.75, 3.05) is 0 Å². The van der Waals surface area contributed by atoms with Crippen molar-refractivity contribution in [3.63, 3.8) is 0 Å². The van der Waals surface area contributed by atoms with Crippen LogP contribution in [0.5, 0.6) is 0 Å². The summed E-state index contributed by atoms with van der Waals surface area (Å²) in [6.45, 7) is 0. The molecule has 0 radical (unpaired) electrons. The molecule has 2 aliphatic rings. The van der Waals surface area contributed by atoms with Crippen LogP contribution in [0.1, 0.15) is 51.4 Å². The molecule has 38 heteroatoms. The van der Waals surface area contributed by atoms with Gasteiger partial charge in [-0.1, -0.05) is 49.9 Å². The Morgan fingerprint density at radius 3 is 0.500 bits per heavy atom. The second kappa shape index (κ2) is 24.0. The number of pyridine rings is 4. The Morgan fingerprint density at radius 2 is 0.414 bits per heavy atom. The average molecular weight is 1510 g/mol. The predicted molar refractivity (Wildman–Crippen MR) is 218 cm³/mol. The fraction of sp³-hybridized carbons (Fsp3) is 0.375. The van der Waals surface area contributed by atoms with Crippen LogP contribution in [0.25, 0.3) is 22.8 Å². The third-order valence-corrected chi connectivity index (χ3v) is 6.93. The summed E-state index contributed by atoms with van der Waals surface area (Å²) in [5, 5.41) is 0. The fourth-order valence-corrected chi connectivity index (χ4v) is 4.43. The smallest absolute Gasteiger partial charge is 0.326 e. The molecule has 0 aromatic carbocycles. The second-order valence-corrected chi connectivity index (χ2v) is 21.6. The minimum absolute atomic E-state index is 0. The van der Waals surface area contributed by atoms with Gasteiger partial charge in [0.15, 0.2) is 0 Å². The van der Waals surface area contributed by atoms with Gasteiger partial charge in [0.1, 0.15) is 0 Å². The van der Waals surface area contributed by atoms with E-state index in [1.54, 1.807) is 24.8 Å². The van der Waals surface area contributed by atoms with Crippen LogP contribution in [0, 0.1) is 0 Å². The first kappa shape index (κ1) is 74.4. The number of halogens is 24. The molecule has 4 heterocycles. The average Bonchev–Trinajstić information content (AvgIpc) is 3.11. The number of aromatic nitrogens is 4. The Kier molecular flexibility index (Phi) is 25.5. The molecule has 4 aromatic rings. The zero-order valence-electron chi connectivity index (χ0n) is 34.8. The molecule has 0 unspecified atom stereocenters. The van der Waals surface area contributed by atoms with Crippen LogP contribution < -0.4 is 22.9 Å². The molecule has 4 atom stereocenters. The molecule has 416 valence electrons. The predicted octanol–water partition coefficient (Wildman–Crippen LogP) is 18.2. The molecular weight excluding hydrogens is 1470 g/mol. The quantitative estimate of drug-likeness (QED) is 0.114. The molecule has 70 heavy (non-hydrogen) atoms. The van der Waals surface area contributed by atoms with Crippen LogP contribution in [0.2, 0.25) is 0 Å². The Hall–Kier alpha value is -2.14. The number of rotatable bonds is 2. The second-order valence-electron chi connectivity index (χ2n) is 13.9. The van der Waals surface area contributed by atoms with Gasteiger partial charge in [-0.05, 0) is 74.2 Å². The molecule has 0 amide bonds. The van der Waals surface area contributed by atoms with Crippen LogP contribution >= 0.6 is 31.2 Å². The van der Waals surface area contributed by atoms with E-state index in [1.807, 2.05) is 72.8 Å².